The third-order valence-corrected chi connectivity index (χ3v) is 4.99. The van der Waals surface area contributed by atoms with Gasteiger partial charge < -0.3 is 10.6 Å². The van der Waals surface area contributed by atoms with Crippen molar-refractivity contribution in [2.45, 2.75) is 13.8 Å². The standard InChI is InChI=1S/C17H13F3N4O2S/c1-17(2)8(5-21)15(26)24-16(9(17)6-22)27-7-12(25)23-11-4-3-10(18)13(19)14(11)20/h3-4,8H,7H2,1-2H3,(H,23,25)(H,24,26)/t8-/m1/s1. The van der Waals surface area contributed by atoms with Crippen LogP contribution in [0, 0.1) is 51.4 Å². The Bertz CT molecular complexity index is 931. The zero-order valence-corrected chi connectivity index (χ0v) is 15.0. The number of hydrogen-bond donors (Lipinski definition) is 2. The first-order chi connectivity index (χ1) is 12.6. The average Bonchev–Trinajstić information content (AvgIpc) is 2.60. The first-order valence-corrected chi connectivity index (χ1v) is 8.53. The fourth-order valence-electron chi connectivity index (χ4n) is 2.48. The van der Waals surface area contributed by atoms with Crippen LogP contribution in [0.25, 0.3) is 0 Å². The van der Waals surface area contributed by atoms with Gasteiger partial charge in [0.25, 0.3) is 0 Å². The van der Waals surface area contributed by atoms with Crippen LogP contribution < -0.4 is 10.6 Å². The summed E-state index contributed by atoms with van der Waals surface area (Å²) in [5, 5.41) is 23.1. The molecule has 2 N–H and O–H groups in total. The van der Waals surface area contributed by atoms with E-state index in [1.165, 1.54) is 0 Å². The largest absolute Gasteiger partial charge is 0.323 e. The molecule has 0 radical (unpaired) electrons. The minimum Gasteiger partial charge on any atom is -0.323 e. The molecule has 0 unspecified atom stereocenters. The average molecular weight is 394 g/mol. The van der Waals surface area contributed by atoms with E-state index in [2.05, 4.69) is 10.6 Å². The third kappa shape index (κ3) is 3.91. The summed E-state index contributed by atoms with van der Waals surface area (Å²) in [6.45, 7) is 3.13. The van der Waals surface area contributed by atoms with Gasteiger partial charge in [0, 0.05) is 5.41 Å². The normalized spacial score (nSPS) is 18.3. The van der Waals surface area contributed by atoms with Crippen molar-refractivity contribution in [1.82, 2.24) is 5.32 Å². The van der Waals surface area contributed by atoms with Gasteiger partial charge in [-0.1, -0.05) is 25.6 Å². The maximum atomic E-state index is 13.6. The first kappa shape index (κ1) is 20.3. The number of benzene rings is 1. The fraction of sp³-hybridized carbons (Fsp3) is 0.294. The van der Waals surface area contributed by atoms with Gasteiger partial charge in [0.1, 0.15) is 5.92 Å². The molecule has 0 bridgehead atoms. The number of nitrogens with zero attached hydrogens (tertiary/aromatic N) is 2. The number of halogens is 3. The zero-order valence-electron chi connectivity index (χ0n) is 14.2. The van der Waals surface area contributed by atoms with E-state index in [9.17, 15) is 28.0 Å². The number of nitrogens with one attached hydrogen (secondary N) is 2. The Morgan fingerprint density at radius 3 is 2.56 bits per heavy atom. The Labute approximate surface area is 157 Å². The molecule has 140 valence electrons. The van der Waals surface area contributed by atoms with Crippen molar-refractivity contribution in [1.29, 1.82) is 10.5 Å². The maximum absolute atomic E-state index is 13.6. The van der Waals surface area contributed by atoms with Gasteiger partial charge >= 0.3 is 0 Å². The van der Waals surface area contributed by atoms with Crippen LogP contribution in [0.1, 0.15) is 13.8 Å². The topological polar surface area (TPSA) is 106 Å². The number of anilines is 1. The zero-order chi connectivity index (χ0) is 20.4. The smallest absolute Gasteiger partial charge is 0.243 e. The molecule has 6 nitrogen and oxygen atoms in total. The number of carbonyl (C=O) groups excluding carboxylic acids is 2. The van der Waals surface area contributed by atoms with Gasteiger partial charge in [0.15, 0.2) is 17.5 Å². The molecule has 0 saturated carbocycles. The molecule has 0 aliphatic carbocycles. The molecule has 0 aromatic heterocycles. The quantitative estimate of drug-likeness (QED) is 0.764. The highest BCUT2D eigenvalue weighted by molar-refractivity contribution is 8.03. The Hall–Kier alpha value is -2.98. The van der Waals surface area contributed by atoms with E-state index >= 15 is 0 Å². The monoisotopic (exact) mass is 394 g/mol. The van der Waals surface area contributed by atoms with Crippen LogP contribution in [-0.2, 0) is 9.59 Å². The minimum atomic E-state index is -1.71. The van der Waals surface area contributed by atoms with Crippen molar-refractivity contribution in [2.24, 2.45) is 11.3 Å². The Balaban J connectivity index is 2.16. The SMILES string of the molecule is CC1(C)C(C#N)=C(SCC(=O)Nc2ccc(F)c(F)c2F)NC(=O)[C@H]1C#N. The van der Waals surface area contributed by atoms with E-state index in [-0.39, 0.29) is 16.4 Å². The lowest BCUT2D eigenvalue weighted by Crippen LogP contribution is -2.44. The number of hydrogen-bond acceptors (Lipinski definition) is 5. The molecule has 2 amide bonds. The Kier molecular flexibility index (Phi) is 5.82. The number of amides is 2. The van der Waals surface area contributed by atoms with Crippen molar-refractivity contribution in [2.75, 3.05) is 11.1 Å². The summed E-state index contributed by atoms with van der Waals surface area (Å²) in [5.41, 5.74) is -1.46. The molecule has 2 rings (SSSR count). The fourth-order valence-corrected chi connectivity index (χ4v) is 3.45. The van der Waals surface area contributed by atoms with Gasteiger partial charge in [-0.2, -0.15) is 10.5 Å². The number of rotatable bonds is 4. The molecule has 1 atom stereocenters. The second kappa shape index (κ2) is 7.72. The van der Waals surface area contributed by atoms with Crippen molar-refractivity contribution < 1.29 is 22.8 Å². The lowest BCUT2D eigenvalue weighted by atomic mass is 9.72. The highest BCUT2D eigenvalue weighted by Gasteiger charge is 2.44. The van der Waals surface area contributed by atoms with E-state index in [1.807, 2.05) is 12.1 Å². The maximum Gasteiger partial charge on any atom is 0.243 e. The van der Waals surface area contributed by atoms with Gasteiger partial charge in [-0.25, -0.2) is 13.2 Å². The highest BCUT2D eigenvalue weighted by Crippen LogP contribution is 2.41. The van der Waals surface area contributed by atoms with Crippen LogP contribution in [0.15, 0.2) is 22.7 Å². The van der Waals surface area contributed by atoms with Crippen LogP contribution in [0.4, 0.5) is 18.9 Å². The third-order valence-electron chi connectivity index (χ3n) is 3.99. The summed E-state index contributed by atoms with van der Waals surface area (Å²) in [4.78, 5) is 24.0. The molecular weight excluding hydrogens is 381 g/mol. The van der Waals surface area contributed by atoms with Gasteiger partial charge in [-0.3, -0.25) is 9.59 Å². The molecule has 10 heteroatoms. The van der Waals surface area contributed by atoms with E-state index in [0.29, 0.717) is 6.07 Å². The van der Waals surface area contributed by atoms with Crippen LogP contribution in [0.3, 0.4) is 0 Å². The lowest BCUT2D eigenvalue weighted by molar-refractivity contribution is -0.125. The minimum absolute atomic E-state index is 0.111. The molecular formula is C17H13F3N4O2S. The van der Waals surface area contributed by atoms with E-state index in [4.69, 9.17) is 5.26 Å². The molecule has 0 fully saturated rings. The number of thioether (sulfide) groups is 1. The van der Waals surface area contributed by atoms with Crippen LogP contribution in [0.2, 0.25) is 0 Å². The summed E-state index contributed by atoms with van der Waals surface area (Å²) in [6, 6.07) is 5.33. The Morgan fingerprint density at radius 1 is 1.30 bits per heavy atom. The van der Waals surface area contributed by atoms with E-state index in [0.717, 1.165) is 17.8 Å². The number of nitriles is 2. The van der Waals surface area contributed by atoms with Crippen LogP contribution >= 0.6 is 11.8 Å². The predicted octanol–water partition coefficient (Wildman–Crippen LogP) is 2.81. The number of allylic oxidation sites excluding steroid dienone is 1. The summed E-state index contributed by atoms with van der Waals surface area (Å²) in [5.74, 6) is -7.40. The summed E-state index contributed by atoms with van der Waals surface area (Å²) < 4.78 is 39.7. The molecule has 0 saturated heterocycles. The van der Waals surface area contributed by atoms with Crippen molar-refractivity contribution >= 4 is 29.3 Å². The predicted molar refractivity (Wildman–Crippen MR) is 91.1 cm³/mol. The summed E-state index contributed by atoms with van der Waals surface area (Å²) >= 11 is 0.803. The van der Waals surface area contributed by atoms with Crippen molar-refractivity contribution in [3.8, 4) is 12.1 Å². The van der Waals surface area contributed by atoms with Crippen LogP contribution in [0.5, 0.6) is 0 Å². The van der Waals surface area contributed by atoms with E-state index in [1.54, 1.807) is 13.8 Å². The first-order valence-electron chi connectivity index (χ1n) is 7.55. The molecule has 1 aromatic carbocycles. The van der Waals surface area contributed by atoms with Crippen molar-refractivity contribution in [3.05, 3.63) is 40.2 Å². The molecule has 1 aromatic rings. The summed E-state index contributed by atoms with van der Waals surface area (Å²) in [6.07, 6.45) is 0. The summed E-state index contributed by atoms with van der Waals surface area (Å²) in [7, 11) is 0. The molecule has 1 aliphatic rings. The molecule has 1 aliphatic heterocycles. The molecule has 0 spiro atoms. The van der Waals surface area contributed by atoms with Gasteiger partial charge in [0.05, 0.1) is 34.2 Å². The van der Waals surface area contributed by atoms with Gasteiger partial charge in [-0.05, 0) is 12.1 Å². The molecule has 27 heavy (non-hydrogen) atoms. The highest BCUT2D eigenvalue weighted by atomic mass is 32.2. The van der Waals surface area contributed by atoms with Crippen molar-refractivity contribution in [3.63, 3.8) is 0 Å². The second-order valence-corrected chi connectivity index (χ2v) is 7.13. The van der Waals surface area contributed by atoms with E-state index < -0.39 is 46.3 Å². The second-order valence-electron chi connectivity index (χ2n) is 6.15. The van der Waals surface area contributed by atoms with Gasteiger partial charge in [0.2, 0.25) is 11.8 Å². The van der Waals surface area contributed by atoms with Crippen LogP contribution in [-0.4, -0.2) is 17.6 Å². The van der Waals surface area contributed by atoms with Gasteiger partial charge in [-0.15, -0.1) is 0 Å². The lowest BCUT2D eigenvalue weighted by Gasteiger charge is -2.34. The Morgan fingerprint density at radius 2 is 1.96 bits per heavy atom. The molecule has 1 heterocycles. The number of carbonyl (C=O) groups is 2.